The van der Waals surface area contributed by atoms with E-state index in [1.165, 1.54) is 19.2 Å². The first kappa shape index (κ1) is 15.8. The molecule has 1 fully saturated rings. The number of ether oxygens (including phenoxy) is 2. The van der Waals surface area contributed by atoms with E-state index in [-0.39, 0.29) is 17.4 Å². The molecule has 1 saturated heterocycles. The van der Waals surface area contributed by atoms with Crippen LogP contribution < -0.4 is 9.46 Å². The molecule has 21 heavy (non-hydrogen) atoms. The Bertz CT molecular complexity index is 593. The van der Waals surface area contributed by atoms with Crippen molar-refractivity contribution in [3.63, 3.8) is 0 Å². The van der Waals surface area contributed by atoms with Crippen LogP contribution in [-0.2, 0) is 19.6 Å². The van der Waals surface area contributed by atoms with Gasteiger partial charge in [-0.3, -0.25) is 4.79 Å². The van der Waals surface area contributed by atoms with Crippen molar-refractivity contribution in [3.05, 3.63) is 24.3 Å². The lowest BCUT2D eigenvalue weighted by molar-refractivity contribution is -0.119. The molecule has 6 nitrogen and oxygen atoms in total. The third-order valence-electron chi connectivity index (χ3n) is 3.32. The minimum Gasteiger partial charge on any atom is -0.497 e. The van der Waals surface area contributed by atoms with E-state index in [0.29, 0.717) is 18.8 Å². The fourth-order valence-electron chi connectivity index (χ4n) is 2.19. The molecule has 1 aliphatic heterocycles. The van der Waals surface area contributed by atoms with Gasteiger partial charge in [-0.15, -0.1) is 0 Å². The zero-order valence-electron chi connectivity index (χ0n) is 11.9. The van der Waals surface area contributed by atoms with Crippen LogP contribution in [0, 0.1) is 0 Å². The third-order valence-corrected chi connectivity index (χ3v) is 4.69. The van der Waals surface area contributed by atoms with E-state index in [4.69, 9.17) is 9.47 Å². The van der Waals surface area contributed by atoms with Gasteiger partial charge in [0.05, 0.1) is 18.1 Å². The monoisotopic (exact) mass is 313 g/mol. The molecule has 116 valence electrons. The number of rotatable bonds is 6. The zero-order chi connectivity index (χ0) is 15.3. The molecule has 1 N–H and O–H groups in total. The number of hydrogen-bond donors (Lipinski definition) is 1. The molecule has 0 bridgehead atoms. The van der Waals surface area contributed by atoms with E-state index < -0.39 is 15.9 Å². The molecule has 2 rings (SSSR count). The van der Waals surface area contributed by atoms with Crippen LogP contribution in [0.2, 0.25) is 0 Å². The molecule has 1 atom stereocenters. The second-order valence-corrected chi connectivity index (χ2v) is 6.56. The van der Waals surface area contributed by atoms with Crippen LogP contribution in [0.1, 0.15) is 25.7 Å². The van der Waals surface area contributed by atoms with Crippen molar-refractivity contribution in [3.8, 4) is 5.75 Å². The molecule has 1 amide bonds. The summed E-state index contributed by atoms with van der Waals surface area (Å²) in [5.41, 5.74) is 0. The van der Waals surface area contributed by atoms with Gasteiger partial charge in [-0.05, 0) is 31.4 Å². The van der Waals surface area contributed by atoms with Crippen molar-refractivity contribution >= 4 is 15.9 Å². The van der Waals surface area contributed by atoms with Crippen LogP contribution in [0.25, 0.3) is 0 Å². The fraction of sp³-hybridized carbons (Fsp3) is 0.500. The van der Waals surface area contributed by atoms with Crippen molar-refractivity contribution < 1.29 is 22.7 Å². The molecule has 7 heteroatoms. The highest BCUT2D eigenvalue weighted by Crippen LogP contribution is 2.18. The van der Waals surface area contributed by atoms with E-state index in [0.717, 1.165) is 12.8 Å². The van der Waals surface area contributed by atoms with Gasteiger partial charge in [0, 0.05) is 19.1 Å². The first-order valence-corrected chi connectivity index (χ1v) is 8.31. The van der Waals surface area contributed by atoms with Crippen molar-refractivity contribution in [1.82, 2.24) is 4.72 Å². The molecule has 1 aromatic rings. The van der Waals surface area contributed by atoms with Crippen LogP contribution in [0.15, 0.2) is 29.2 Å². The van der Waals surface area contributed by atoms with Crippen molar-refractivity contribution in [1.29, 1.82) is 0 Å². The van der Waals surface area contributed by atoms with E-state index in [1.807, 2.05) is 0 Å². The highest BCUT2D eigenvalue weighted by molar-refractivity contribution is 7.90. The lowest BCUT2D eigenvalue weighted by atomic mass is 10.1. The molecule has 1 aromatic carbocycles. The van der Waals surface area contributed by atoms with Gasteiger partial charge in [0.1, 0.15) is 5.75 Å². The zero-order valence-corrected chi connectivity index (χ0v) is 12.7. The highest BCUT2D eigenvalue weighted by Gasteiger charge is 2.21. The van der Waals surface area contributed by atoms with Gasteiger partial charge in [-0.25, -0.2) is 13.1 Å². The summed E-state index contributed by atoms with van der Waals surface area (Å²) in [6, 6.07) is 5.98. The molecule has 0 saturated carbocycles. The average Bonchev–Trinajstić information content (AvgIpc) is 2.98. The summed E-state index contributed by atoms with van der Waals surface area (Å²) in [5.74, 6) is -0.0991. The normalized spacial score (nSPS) is 18.4. The largest absolute Gasteiger partial charge is 0.497 e. The van der Waals surface area contributed by atoms with Gasteiger partial charge in [0.15, 0.2) is 0 Å². The van der Waals surface area contributed by atoms with Crippen LogP contribution in [-0.4, -0.2) is 34.1 Å². The maximum absolute atomic E-state index is 12.1. The summed E-state index contributed by atoms with van der Waals surface area (Å²) in [6.45, 7) is 0.717. The molecule has 0 aromatic heterocycles. The summed E-state index contributed by atoms with van der Waals surface area (Å²) >= 11 is 0. The Hall–Kier alpha value is -1.60. The number of hydrogen-bond acceptors (Lipinski definition) is 5. The third kappa shape index (κ3) is 4.44. The molecular weight excluding hydrogens is 294 g/mol. The predicted octanol–water partition coefficient (Wildman–Crippen LogP) is 1.46. The number of amides is 1. The van der Waals surface area contributed by atoms with Gasteiger partial charge in [-0.2, -0.15) is 0 Å². The average molecular weight is 313 g/mol. The smallest absolute Gasteiger partial charge is 0.264 e. The number of benzene rings is 1. The predicted molar refractivity (Wildman–Crippen MR) is 76.5 cm³/mol. The van der Waals surface area contributed by atoms with Gasteiger partial charge in [0.25, 0.3) is 10.0 Å². The second-order valence-electron chi connectivity index (χ2n) is 4.88. The first-order chi connectivity index (χ1) is 10.0. The maximum atomic E-state index is 12.1. The molecule has 0 spiro atoms. The van der Waals surface area contributed by atoms with Crippen molar-refractivity contribution in [2.24, 2.45) is 0 Å². The molecule has 0 radical (unpaired) electrons. The quantitative estimate of drug-likeness (QED) is 0.860. The minimum atomic E-state index is -3.86. The number of sulfonamides is 1. The Morgan fingerprint density at radius 2 is 2.29 bits per heavy atom. The SMILES string of the molecule is COc1cccc(S(=O)(=O)NC(=O)CC[C@H]2CCCO2)c1. The topological polar surface area (TPSA) is 81.7 Å². The molecule has 0 unspecified atom stereocenters. The fourth-order valence-corrected chi connectivity index (χ4v) is 3.24. The molecular formula is C14H19NO5S. The van der Waals surface area contributed by atoms with E-state index in [9.17, 15) is 13.2 Å². The lowest BCUT2D eigenvalue weighted by Gasteiger charge is -2.10. The summed E-state index contributed by atoms with van der Waals surface area (Å²) in [7, 11) is -2.41. The highest BCUT2D eigenvalue weighted by atomic mass is 32.2. The van der Waals surface area contributed by atoms with E-state index in [2.05, 4.69) is 4.72 Å². The summed E-state index contributed by atoms with van der Waals surface area (Å²) in [4.78, 5) is 11.8. The van der Waals surface area contributed by atoms with Crippen molar-refractivity contribution in [2.75, 3.05) is 13.7 Å². The summed E-state index contributed by atoms with van der Waals surface area (Å²) in [6.07, 6.45) is 2.66. The number of methoxy groups -OCH3 is 1. The van der Waals surface area contributed by atoms with E-state index in [1.54, 1.807) is 12.1 Å². The molecule has 0 aliphatic carbocycles. The van der Waals surface area contributed by atoms with Crippen LogP contribution in [0.5, 0.6) is 5.75 Å². The lowest BCUT2D eigenvalue weighted by Crippen LogP contribution is -2.31. The Balaban J connectivity index is 1.94. The van der Waals surface area contributed by atoms with Gasteiger partial charge in [-0.1, -0.05) is 6.07 Å². The Morgan fingerprint density at radius 1 is 1.48 bits per heavy atom. The molecule has 1 heterocycles. The van der Waals surface area contributed by atoms with Crippen LogP contribution >= 0.6 is 0 Å². The van der Waals surface area contributed by atoms with Gasteiger partial charge >= 0.3 is 0 Å². The Labute approximate surface area is 124 Å². The Morgan fingerprint density at radius 3 is 2.95 bits per heavy atom. The summed E-state index contributed by atoms with van der Waals surface area (Å²) < 4.78 is 36.6. The number of carbonyl (C=O) groups excluding carboxylic acids is 1. The maximum Gasteiger partial charge on any atom is 0.264 e. The van der Waals surface area contributed by atoms with Crippen molar-refractivity contribution in [2.45, 2.75) is 36.7 Å². The molecule has 1 aliphatic rings. The van der Waals surface area contributed by atoms with Crippen LogP contribution in [0.4, 0.5) is 0 Å². The standard InChI is InChI=1S/C14H19NO5S/c1-19-12-4-2-6-13(10-12)21(17,18)15-14(16)8-7-11-5-3-9-20-11/h2,4,6,10-11H,3,5,7-9H2,1H3,(H,15,16)/t11-/m1/s1. The Kier molecular flexibility index (Phi) is 5.19. The number of carbonyl (C=O) groups is 1. The van der Waals surface area contributed by atoms with Gasteiger partial charge in [0.2, 0.25) is 5.91 Å². The second kappa shape index (κ2) is 6.91. The minimum absolute atomic E-state index is 0.00677. The van der Waals surface area contributed by atoms with Gasteiger partial charge < -0.3 is 9.47 Å². The van der Waals surface area contributed by atoms with E-state index >= 15 is 0 Å². The summed E-state index contributed by atoms with van der Waals surface area (Å²) in [5, 5.41) is 0. The first-order valence-electron chi connectivity index (χ1n) is 6.82. The van der Waals surface area contributed by atoms with Crippen LogP contribution in [0.3, 0.4) is 0 Å². The number of nitrogens with one attached hydrogen (secondary N) is 1.